The van der Waals surface area contributed by atoms with Crippen LogP contribution in [0.4, 0.5) is 18.9 Å². The second-order valence-corrected chi connectivity index (χ2v) is 4.43. The molecule has 0 aliphatic carbocycles. The second-order valence-electron chi connectivity index (χ2n) is 4.02. The molecule has 0 saturated heterocycles. The van der Waals surface area contributed by atoms with E-state index >= 15 is 0 Å². The summed E-state index contributed by atoms with van der Waals surface area (Å²) in [7, 11) is 0. The van der Waals surface area contributed by atoms with Crippen LogP contribution >= 0.6 is 11.6 Å². The first-order valence-electron chi connectivity index (χ1n) is 5.62. The van der Waals surface area contributed by atoms with E-state index in [0.29, 0.717) is 12.2 Å². The molecule has 0 heterocycles. The van der Waals surface area contributed by atoms with Gasteiger partial charge >= 0.3 is 0 Å². The lowest BCUT2D eigenvalue weighted by Gasteiger charge is -2.08. The monoisotopic (exact) mass is 285 g/mol. The molecule has 2 rings (SSSR count). The molecule has 0 atom stereocenters. The minimum absolute atomic E-state index is 0.00595. The number of nitrogens with one attached hydrogen (secondary N) is 1. The molecule has 0 unspecified atom stereocenters. The maximum absolute atomic E-state index is 13.0. The van der Waals surface area contributed by atoms with Gasteiger partial charge in [0.05, 0.1) is 5.02 Å². The molecule has 0 aliphatic rings. The average Bonchev–Trinajstić information content (AvgIpc) is 2.40. The number of rotatable bonds is 4. The van der Waals surface area contributed by atoms with Crippen molar-refractivity contribution in [3.05, 3.63) is 64.4 Å². The smallest absolute Gasteiger partial charge is 0.263 e. The van der Waals surface area contributed by atoms with Crippen molar-refractivity contribution in [2.75, 3.05) is 5.32 Å². The number of anilines is 1. The minimum Gasteiger partial charge on any atom is -0.381 e. The molecule has 0 amide bonds. The van der Waals surface area contributed by atoms with E-state index in [-0.39, 0.29) is 10.6 Å². The summed E-state index contributed by atoms with van der Waals surface area (Å²) in [6, 6.07) is 10.3. The first-order chi connectivity index (χ1) is 9.06. The lowest BCUT2D eigenvalue weighted by Crippen LogP contribution is -1.99. The molecule has 0 bridgehead atoms. The van der Waals surface area contributed by atoms with Crippen LogP contribution in [0.25, 0.3) is 0 Å². The summed E-state index contributed by atoms with van der Waals surface area (Å²) in [6.07, 6.45) is -2.46. The molecule has 0 aliphatic heterocycles. The molecule has 2 aromatic rings. The predicted octanol–water partition coefficient (Wildman–Crippen LogP) is 5.03. The molecule has 0 saturated carbocycles. The van der Waals surface area contributed by atoms with Gasteiger partial charge in [-0.25, -0.2) is 13.2 Å². The van der Waals surface area contributed by atoms with E-state index in [4.69, 9.17) is 11.6 Å². The maximum atomic E-state index is 13.0. The third kappa shape index (κ3) is 3.64. The van der Waals surface area contributed by atoms with E-state index in [9.17, 15) is 13.2 Å². The van der Waals surface area contributed by atoms with Crippen LogP contribution in [-0.2, 0) is 6.54 Å². The van der Waals surface area contributed by atoms with E-state index in [2.05, 4.69) is 5.32 Å². The number of alkyl halides is 2. The first kappa shape index (κ1) is 13.7. The Bertz CT molecular complexity index is 555. The van der Waals surface area contributed by atoms with Gasteiger partial charge in [0.25, 0.3) is 6.43 Å². The average molecular weight is 286 g/mol. The molecule has 19 heavy (non-hydrogen) atoms. The zero-order valence-electron chi connectivity index (χ0n) is 9.84. The third-order valence-corrected chi connectivity index (χ3v) is 2.94. The Labute approximate surface area is 114 Å². The van der Waals surface area contributed by atoms with Gasteiger partial charge in [-0.05, 0) is 23.8 Å². The van der Waals surface area contributed by atoms with Crippen LogP contribution in [0.2, 0.25) is 5.02 Å². The topological polar surface area (TPSA) is 12.0 Å². The normalized spacial score (nSPS) is 10.8. The van der Waals surface area contributed by atoms with Crippen molar-refractivity contribution in [2.45, 2.75) is 13.0 Å². The van der Waals surface area contributed by atoms with Gasteiger partial charge < -0.3 is 5.32 Å². The van der Waals surface area contributed by atoms with Crippen molar-refractivity contribution in [1.29, 1.82) is 0 Å². The van der Waals surface area contributed by atoms with Crippen LogP contribution in [0.1, 0.15) is 17.6 Å². The quantitative estimate of drug-likeness (QED) is 0.831. The molecule has 0 aromatic heterocycles. The molecule has 2 aromatic carbocycles. The molecule has 1 N–H and O–H groups in total. The Morgan fingerprint density at radius 1 is 1.05 bits per heavy atom. The molecule has 0 spiro atoms. The number of halogens is 4. The number of hydrogen-bond donors (Lipinski definition) is 1. The predicted molar refractivity (Wildman–Crippen MR) is 70.1 cm³/mol. The largest absolute Gasteiger partial charge is 0.381 e. The van der Waals surface area contributed by atoms with E-state index < -0.39 is 12.2 Å². The van der Waals surface area contributed by atoms with Gasteiger partial charge in [0.2, 0.25) is 0 Å². The zero-order valence-corrected chi connectivity index (χ0v) is 10.6. The summed E-state index contributed by atoms with van der Waals surface area (Å²) in [5.74, 6) is -0.478. The van der Waals surface area contributed by atoms with Gasteiger partial charge in [-0.2, -0.15) is 0 Å². The van der Waals surface area contributed by atoms with E-state index in [1.54, 1.807) is 18.2 Å². The number of hydrogen-bond acceptors (Lipinski definition) is 1. The Balaban J connectivity index is 2.00. The van der Waals surface area contributed by atoms with Crippen LogP contribution < -0.4 is 5.32 Å². The summed E-state index contributed by atoms with van der Waals surface area (Å²) >= 11 is 5.65. The highest BCUT2D eigenvalue weighted by Gasteiger charge is 2.06. The summed E-state index contributed by atoms with van der Waals surface area (Å²) in [5, 5.41) is 3.08. The van der Waals surface area contributed by atoms with Crippen molar-refractivity contribution in [1.82, 2.24) is 0 Å². The highest BCUT2D eigenvalue weighted by Crippen LogP contribution is 2.21. The van der Waals surface area contributed by atoms with Gasteiger partial charge in [-0.1, -0.05) is 35.9 Å². The van der Waals surface area contributed by atoms with Crippen LogP contribution in [-0.4, -0.2) is 0 Å². The second kappa shape index (κ2) is 5.97. The first-order valence-corrected chi connectivity index (χ1v) is 6.00. The summed E-state index contributed by atoms with van der Waals surface area (Å²) < 4.78 is 37.7. The summed E-state index contributed by atoms with van der Waals surface area (Å²) in [5.41, 5.74) is 1.52. The van der Waals surface area contributed by atoms with E-state index in [0.717, 1.165) is 5.56 Å². The van der Waals surface area contributed by atoms with Crippen molar-refractivity contribution >= 4 is 17.3 Å². The van der Waals surface area contributed by atoms with Crippen molar-refractivity contribution in [3.8, 4) is 0 Å². The third-order valence-electron chi connectivity index (χ3n) is 2.65. The van der Waals surface area contributed by atoms with Crippen LogP contribution in [0.3, 0.4) is 0 Å². The molecular weight excluding hydrogens is 275 g/mol. The van der Waals surface area contributed by atoms with Gasteiger partial charge in [0.1, 0.15) is 5.82 Å². The highest BCUT2D eigenvalue weighted by molar-refractivity contribution is 6.31. The number of benzene rings is 2. The Hall–Kier alpha value is -1.68. The molecule has 0 fully saturated rings. The van der Waals surface area contributed by atoms with E-state index in [1.807, 2.05) is 0 Å². The van der Waals surface area contributed by atoms with Crippen LogP contribution in [0, 0.1) is 5.82 Å². The lowest BCUT2D eigenvalue weighted by molar-refractivity contribution is 0.151. The Kier molecular flexibility index (Phi) is 4.32. The SMILES string of the molecule is Fc1ccc(NCc2ccc(C(F)F)cc2)cc1Cl. The maximum Gasteiger partial charge on any atom is 0.263 e. The van der Waals surface area contributed by atoms with Gasteiger partial charge in [-0.3, -0.25) is 0 Å². The summed E-state index contributed by atoms with van der Waals surface area (Å²) in [6.45, 7) is 0.450. The highest BCUT2D eigenvalue weighted by atomic mass is 35.5. The van der Waals surface area contributed by atoms with Crippen LogP contribution in [0.5, 0.6) is 0 Å². The molecule has 1 nitrogen and oxygen atoms in total. The van der Waals surface area contributed by atoms with Crippen molar-refractivity contribution < 1.29 is 13.2 Å². The standard InChI is InChI=1S/C14H11ClF3N/c15-12-7-11(5-6-13(12)16)19-8-9-1-3-10(4-2-9)14(17)18/h1-7,14,19H,8H2. The Morgan fingerprint density at radius 2 is 1.74 bits per heavy atom. The van der Waals surface area contributed by atoms with E-state index in [1.165, 1.54) is 24.3 Å². The molecule has 100 valence electrons. The molecular formula is C14H11ClF3N. The molecule has 0 radical (unpaired) electrons. The van der Waals surface area contributed by atoms with Gasteiger partial charge in [-0.15, -0.1) is 0 Å². The summed E-state index contributed by atoms with van der Waals surface area (Å²) in [4.78, 5) is 0. The fourth-order valence-corrected chi connectivity index (χ4v) is 1.77. The minimum atomic E-state index is -2.46. The fourth-order valence-electron chi connectivity index (χ4n) is 1.59. The van der Waals surface area contributed by atoms with Crippen LogP contribution in [0.15, 0.2) is 42.5 Å². The molecule has 5 heteroatoms. The van der Waals surface area contributed by atoms with Crippen molar-refractivity contribution in [2.24, 2.45) is 0 Å². The zero-order chi connectivity index (χ0) is 13.8. The Morgan fingerprint density at radius 3 is 2.32 bits per heavy atom. The van der Waals surface area contributed by atoms with Crippen molar-refractivity contribution in [3.63, 3.8) is 0 Å². The van der Waals surface area contributed by atoms with Gasteiger partial charge in [0.15, 0.2) is 0 Å². The fraction of sp³-hybridized carbons (Fsp3) is 0.143. The lowest BCUT2D eigenvalue weighted by atomic mass is 10.1. The van der Waals surface area contributed by atoms with Gasteiger partial charge in [0, 0.05) is 17.8 Å².